The number of hydrogen-bond acceptors (Lipinski definition) is 2. The minimum Gasteiger partial charge on any atom is -0.283 e. The standard InChI is InChI=1S/C13H17N3/c1-10-6-5-9-12-14-15-13(16(10)12)11-7-3-2-4-8-11/h5-6,9,11H,2-4,7-8H2,1H3. The molecule has 0 N–H and O–H groups in total. The molecule has 1 saturated carbocycles. The molecule has 2 heterocycles. The van der Waals surface area contributed by atoms with E-state index in [1.165, 1.54) is 43.6 Å². The van der Waals surface area contributed by atoms with E-state index in [1.54, 1.807) is 0 Å². The van der Waals surface area contributed by atoms with Gasteiger partial charge >= 0.3 is 0 Å². The van der Waals surface area contributed by atoms with Crippen molar-refractivity contribution in [3.05, 3.63) is 29.7 Å². The number of fused-ring (bicyclic) bond motifs is 1. The van der Waals surface area contributed by atoms with Crippen LogP contribution in [0.15, 0.2) is 18.2 Å². The van der Waals surface area contributed by atoms with Gasteiger partial charge in [0.15, 0.2) is 5.65 Å². The number of nitrogens with zero attached hydrogens (tertiary/aromatic N) is 3. The van der Waals surface area contributed by atoms with Gasteiger partial charge in [-0.15, -0.1) is 10.2 Å². The summed E-state index contributed by atoms with van der Waals surface area (Å²) in [5.74, 6) is 1.79. The maximum absolute atomic E-state index is 4.39. The number of aromatic nitrogens is 3. The van der Waals surface area contributed by atoms with Gasteiger partial charge in [-0.25, -0.2) is 0 Å². The van der Waals surface area contributed by atoms with E-state index in [9.17, 15) is 0 Å². The molecule has 3 rings (SSSR count). The van der Waals surface area contributed by atoms with Crippen LogP contribution in [0.1, 0.15) is 49.5 Å². The minimum absolute atomic E-state index is 0.616. The van der Waals surface area contributed by atoms with E-state index in [-0.39, 0.29) is 0 Å². The Kier molecular flexibility index (Phi) is 2.39. The van der Waals surface area contributed by atoms with Gasteiger partial charge in [0.2, 0.25) is 0 Å². The van der Waals surface area contributed by atoms with E-state index in [1.807, 2.05) is 12.1 Å². The minimum atomic E-state index is 0.616. The molecule has 0 spiro atoms. The summed E-state index contributed by atoms with van der Waals surface area (Å²) in [5.41, 5.74) is 2.23. The molecule has 2 aromatic heterocycles. The zero-order chi connectivity index (χ0) is 11.0. The first kappa shape index (κ1) is 9.82. The predicted octanol–water partition coefficient (Wildman–Crippen LogP) is 3.09. The summed E-state index contributed by atoms with van der Waals surface area (Å²) in [6.45, 7) is 2.13. The average Bonchev–Trinajstić information content (AvgIpc) is 2.75. The summed E-state index contributed by atoms with van der Waals surface area (Å²) >= 11 is 0. The van der Waals surface area contributed by atoms with Crippen molar-refractivity contribution in [2.24, 2.45) is 0 Å². The van der Waals surface area contributed by atoms with Crippen LogP contribution in [0.25, 0.3) is 5.65 Å². The molecule has 0 radical (unpaired) electrons. The first-order valence-corrected chi connectivity index (χ1v) is 6.17. The van der Waals surface area contributed by atoms with Crippen molar-refractivity contribution in [3.63, 3.8) is 0 Å². The normalized spacial score (nSPS) is 18.1. The van der Waals surface area contributed by atoms with Crippen LogP contribution in [0, 0.1) is 6.92 Å². The van der Waals surface area contributed by atoms with Gasteiger partial charge in [0.25, 0.3) is 0 Å². The highest BCUT2D eigenvalue weighted by atomic mass is 15.3. The molecule has 1 fully saturated rings. The number of rotatable bonds is 1. The summed E-state index contributed by atoms with van der Waals surface area (Å²) in [7, 11) is 0. The molecule has 0 bridgehead atoms. The maximum Gasteiger partial charge on any atom is 0.160 e. The van der Waals surface area contributed by atoms with Gasteiger partial charge < -0.3 is 0 Å². The Labute approximate surface area is 95.5 Å². The molecule has 3 nitrogen and oxygen atoms in total. The molecule has 0 amide bonds. The fourth-order valence-corrected chi connectivity index (χ4v) is 2.75. The van der Waals surface area contributed by atoms with E-state index in [0.29, 0.717) is 5.92 Å². The SMILES string of the molecule is Cc1cccc2nnc(C3CCCCC3)n12. The molecule has 0 saturated heterocycles. The van der Waals surface area contributed by atoms with Crippen molar-refractivity contribution in [3.8, 4) is 0 Å². The first-order chi connectivity index (χ1) is 7.86. The van der Waals surface area contributed by atoms with Gasteiger partial charge in [-0.05, 0) is 31.9 Å². The Balaban J connectivity index is 2.09. The third kappa shape index (κ3) is 1.51. The highest BCUT2D eigenvalue weighted by Crippen LogP contribution is 2.31. The lowest BCUT2D eigenvalue weighted by Crippen LogP contribution is -2.09. The van der Waals surface area contributed by atoms with Crippen molar-refractivity contribution < 1.29 is 0 Å². The topological polar surface area (TPSA) is 30.2 Å². The molecule has 16 heavy (non-hydrogen) atoms. The summed E-state index contributed by atoms with van der Waals surface area (Å²) in [5, 5.41) is 8.66. The fraction of sp³-hybridized carbons (Fsp3) is 0.538. The molecule has 3 heteroatoms. The molecule has 0 aliphatic heterocycles. The first-order valence-electron chi connectivity index (χ1n) is 6.17. The number of aryl methyl sites for hydroxylation is 1. The molecule has 84 valence electrons. The van der Waals surface area contributed by atoms with Crippen molar-refractivity contribution in [1.29, 1.82) is 0 Å². The Morgan fingerprint density at radius 2 is 1.94 bits per heavy atom. The summed E-state index contributed by atoms with van der Waals surface area (Å²) in [6.07, 6.45) is 6.60. The molecule has 2 aromatic rings. The van der Waals surface area contributed by atoms with Crippen LogP contribution < -0.4 is 0 Å². The van der Waals surface area contributed by atoms with Gasteiger partial charge in [0.05, 0.1) is 0 Å². The van der Waals surface area contributed by atoms with Crippen molar-refractivity contribution in [2.75, 3.05) is 0 Å². The van der Waals surface area contributed by atoms with Crippen LogP contribution in [-0.4, -0.2) is 14.6 Å². The quantitative estimate of drug-likeness (QED) is 0.731. The van der Waals surface area contributed by atoms with Gasteiger partial charge in [0, 0.05) is 11.6 Å². The van der Waals surface area contributed by atoms with E-state index >= 15 is 0 Å². The molecule has 0 atom stereocenters. The van der Waals surface area contributed by atoms with E-state index in [4.69, 9.17) is 0 Å². The zero-order valence-electron chi connectivity index (χ0n) is 9.69. The van der Waals surface area contributed by atoms with Gasteiger partial charge in [-0.3, -0.25) is 4.40 Å². The van der Waals surface area contributed by atoms with Crippen molar-refractivity contribution in [1.82, 2.24) is 14.6 Å². The Bertz CT molecular complexity index is 495. The second kappa shape index (κ2) is 3.89. The number of pyridine rings is 1. The molecule has 1 aliphatic carbocycles. The highest BCUT2D eigenvalue weighted by molar-refractivity contribution is 5.40. The maximum atomic E-state index is 4.39. The molecule has 1 aliphatic rings. The predicted molar refractivity (Wildman–Crippen MR) is 63.6 cm³/mol. The summed E-state index contributed by atoms with van der Waals surface area (Å²) in [4.78, 5) is 0. The number of hydrogen-bond donors (Lipinski definition) is 0. The molecular weight excluding hydrogens is 198 g/mol. The van der Waals surface area contributed by atoms with Crippen LogP contribution in [0.3, 0.4) is 0 Å². The monoisotopic (exact) mass is 215 g/mol. The summed E-state index contributed by atoms with van der Waals surface area (Å²) in [6, 6.07) is 6.21. The highest BCUT2D eigenvalue weighted by Gasteiger charge is 2.21. The van der Waals surface area contributed by atoms with E-state index in [2.05, 4.69) is 27.6 Å². The van der Waals surface area contributed by atoms with Crippen LogP contribution in [0.4, 0.5) is 0 Å². The molecule has 0 unspecified atom stereocenters. The van der Waals surface area contributed by atoms with E-state index in [0.717, 1.165) is 5.65 Å². The van der Waals surface area contributed by atoms with Crippen LogP contribution >= 0.6 is 0 Å². The molecular formula is C13H17N3. The zero-order valence-corrected chi connectivity index (χ0v) is 9.69. The largest absolute Gasteiger partial charge is 0.283 e. The van der Waals surface area contributed by atoms with Crippen LogP contribution in [-0.2, 0) is 0 Å². The lowest BCUT2D eigenvalue weighted by molar-refractivity contribution is 0.426. The Hall–Kier alpha value is -1.38. The second-order valence-electron chi connectivity index (χ2n) is 4.75. The van der Waals surface area contributed by atoms with Crippen LogP contribution in [0.5, 0.6) is 0 Å². The van der Waals surface area contributed by atoms with Gasteiger partial charge in [-0.1, -0.05) is 25.3 Å². The third-order valence-electron chi connectivity index (χ3n) is 3.62. The van der Waals surface area contributed by atoms with Gasteiger partial charge in [0.1, 0.15) is 5.82 Å². The average molecular weight is 215 g/mol. The Morgan fingerprint density at radius 3 is 2.75 bits per heavy atom. The molecule has 0 aromatic carbocycles. The second-order valence-corrected chi connectivity index (χ2v) is 4.75. The smallest absolute Gasteiger partial charge is 0.160 e. The van der Waals surface area contributed by atoms with Crippen LogP contribution in [0.2, 0.25) is 0 Å². The Morgan fingerprint density at radius 1 is 1.12 bits per heavy atom. The van der Waals surface area contributed by atoms with Crippen molar-refractivity contribution in [2.45, 2.75) is 44.9 Å². The fourth-order valence-electron chi connectivity index (χ4n) is 2.75. The lowest BCUT2D eigenvalue weighted by atomic mass is 9.89. The van der Waals surface area contributed by atoms with E-state index < -0.39 is 0 Å². The lowest BCUT2D eigenvalue weighted by Gasteiger charge is -2.20. The third-order valence-corrected chi connectivity index (χ3v) is 3.62. The van der Waals surface area contributed by atoms with Crippen molar-refractivity contribution >= 4 is 5.65 Å². The van der Waals surface area contributed by atoms with Gasteiger partial charge in [-0.2, -0.15) is 0 Å². The summed E-state index contributed by atoms with van der Waals surface area (Å²) < 4.78 is 2.22.